The molecule has 1 rings (SSSR count). The second-order valence-electron chi connectivity index (χ2n) is 1.90. The van der Waals surface area contributed by atoms with Gasteiger partial charge in [-0.05, 0) is 31.9 Å². The van der Waals surface area contributed by atoms with Gasteiger partial charge in [-0.15, -0.1) is 10.9 Å². The first-order valence-corrected chi connectivity index (χ1v) is 4.20. The molecule has 0 N–H and O–H groups in total. The summed E-state index contributed by atoms with van der Waals surface area (Å²) in [5.74, 6) is 0. The van der Waals surface area contributed by atoms with Crippen molar-refractivity contribution in [2.45, 2.75) is 0 Å². The lowest BCUT2D eigenvalue weighted by Crippen LogP contribution is -2.25. The Balaban J connectivity index is 3.28. The van der Waals surface area contributed by atoms with E-state index in [-0.39, 0.29) is 0 Å². The molecular formula is C6H2B2Br2. The Kier molecular flexibility index (Phi) is 2.64. The second kappa shape index (κ2) is 3.14. The topological polar surface area (TPSA) is 0 Å². The lowest BCUT2D eigenvalue weighted by atomic mass is 9.81. The van der Waals surface area contributed by atoms with Crippen molar-refractivity contribution in [1.82, 2.24) is 0 Å². The van der Waals surface area contributed by atoms with Gasteiger partial charge in [0.25, 0.3) is 0 Å². The normalized spacial score (nSPS) is 9.80. The summed E-state index contributed by atoms with van der Waals surface area (Å²) in [5.41, 5.74) is 1.19. The Morgan fingerprint density at radius 2 is 1.20 bits per heavy atom. The lowest BCUT2D eigenvalue weighted by molar-refractivity contribution is 1.66. The third-order valence-corrected chi connectivity index (χ3v) is 2.97. The molecule has 0 heterocycles. The zero-order valence-corrected chi connectivity index (χ0v) is 8.24. The molecule has 10 heavy (non-hydrogen) atoms. The third kappa shape index (κ3) is 1.67. The zero-order chi connectivity index (χ0) is 7.72. The van der Waals surface area contributed by atoms with E-state index >= 15 is 0 Å². The van der Waals surface area contributed by atoms with E-state index in [9.17, 15) is 0 Å². The van der Waals surface area contributed by atoms with Gasteiger partial charge in [-0.3, -0.25) is 0 Å². The first-order chi connectivity index (χ1) is 4.61. The van der Waals surface area contributed by atoms with Gasteiger partial charge in [0.2, 0.25) is 0 Å². The first kappa shape index (κ1) is 8.41. The number of rotatable bonds is 0. The molecule has 0 aliphatic carbocycles. The molecule has 4 heteroatoms. The standard InChI is InChI=1S/C6H2B2Br2/c7-3-1-5(9)6(10)2-4(3)8/h1-2H. The van der Waals surface area contributed by atoms with Crippen LogP contribution in [0.3, 0.4) is 0 Å². The zero-order valence-electron chi connectivity index (χ0n) is 5.07. The Morgan fingerprint density at radius 3 is 1.50 bits per heavy atom. The van der Waals surface area contributed by atoms with E-state index in [1.54, 1.807) is 12.1 Å². The van der Waals surface area contributed by atoms with Crippen LogP contribution in [0.2, 0.25) is 0 Å². The molecule has 0 aromatic heterocycles. The molecule has 0 atom stereocenters. The van der Waals surface area contributed by atoms with Crippen molar-refractivity contribution in [3.05, 3.63) is 21.1 Å². The maximum atomic E-state index is 5.51. The van der Waals surface area contributed by atoms with Crippen LogP contribution in [0, 0.1) is 0 Å². The van der Waals surface area contributed by atoms with E-state index in [0.29, 0.717) is 10.9 Å². The molecule has 0 bridgehead atoms. The van der Waals surface area contributed by atoms with Crippen LogP contribution >= 0.6 is 31.9 Å². The Hall–Kier alpha value is 0.310. The Morgan fingerprint density at radius 1 is 0.900 bits per heavy atom. The van der Waals surface area contributed by atoms with Crippen LogP contribution in [0.5, 0.6) is 0 Å². The molecule has 0 aliphatic heterocycles. The quantitative estimate of drug-likeness (QED) is 0.602. The molecule has 0 saturated carbocycles. The van der Waals surface area contributed by atoms with Gasteiger partial charge < -0.3 is 0 Å². The summed E-state index contributed by atoms with van der Waals surface area (Å²) in [6, 6.07) is 3.53. The number of halogens is 2. The molecule has 46 valence electrons. The minimum absolute atomic E-state index is 0.593. The maximum absolute atomic E-state index is 5.51. The predicted octanol–water partition coefficient (Wildman–Crippen LogP) is 0.799. The lowest BCUT2D eigenvalue weighted by Gasteiger charge is -2.02. The highest BCUT2D eigenvalue weighted by Crippen LogP contribution is 2.19. The van der Waals surface area contributed by atoms with Gasteiger partial charge in [0, 0.05) is 8.95 Å². The summed E-state index contributed by atoms with van der Waals surface area (Å²) < 4.78 is 1.83. The fourth-order valence-electron chi connectivity index (χ4n) is 0.578. The summed E-state index contributed by atoms with van der Waals surface area (Å²) in [4.78, 5) is 0. The second-order valence-corrected chi connectivity index (χ2v) is 3.60. The van der Waals surface area contributed by atoms with Gasteiger partial charge in [-0.25, -0.2) is 0 Å². The van der Waals surface area contributed by atoms with Crippen LogP contribution < -0.4 is 10.9 Å². The van der Waals surface area contributed by atoms with E-state index in [1.807, 2.05) is 0 Å². The fourth-order valence-corrected chi connectivity index (χ4v) is 1.30. The van der Waals surface area contributed by atoms with E-state index in [0.717, 1.165) is 8.95 Å². The average molecular weight is 256 g/mol. The minimum Gasteiger partial charge on any atom is -0.102 e. The van der Waals surface area contributed by atoms with Crippen LogP contribution in [0.1, 0.15) is 0 Å². The molecule has 1 aromatic rings. The number of hydrogen-bond acceptors (Lipinski definition) is 0. The highest BCUT2D eigenvalue weighted by atomic mass is 79.9. The van der Waals surface area contributed by atoms with Crippen molar-refractivity contribution in [3.63, 3.8) is 0 Å². The molecule has 0 unspecified atom stereocenters. The molecule has 0 fully saturated rings. The molecule has 0 saturated heterocycles. The van der Waals surface area contributed by atoms with Crippen LogP contribution in [-0.4, -0.2) is 15.7 Å². The van der Waals surface area contributed by atoms with Gasteiger partial charge in [0.15, 0.2) is 0 Å². The molecule has 1 aromatic carbocycles. The Bertz CT molecular complexity index is 210. The van der Waals surface area contributed by atoms with Crippen molar-refractivity contribution in [2.24, 2.45) is 0 Å². The van der Waals surface area contributed by atoms with E-state index in [1.165, 1.54) is 0 Å². The molecule has 0 amide bonds. The van der Waals surface area contributed by atoms with Crippen molar-refractivity contribution in [3.8, 4) is 0 Å². The summed E-state index contributed by atoms with van der Waals surface area (Å²) >= 11 is 6.60. The number of hydrogen-bond donors (Lipinski definition) is 0. The molecular weight excluding hydrogens is 253 g/mol. The van der Waals surface area contributed by atoms with E-state index in [4.69, 9.17) is 15.7 Å². The summed E-state index contributed by atoms with van der Waals surface area (Å²) in [7, 11) is 11.0. The summed E-state index contributed by atoms with van der Waals surface area (Å²) in [6.45, 7) is 0. The number of benzene rings is 1. The van der Waals surface area contributed by atoms with Gasteiger partial charge in [-0.2, -0.15) is 0 Å². The SMILES string of the molecule is [B]c1cc(Br)c(Br)cc1[B]. The molecule has 0 aliphatic rings. The average Bonchev–Trinajstić information content (AvgIpc) is 1.84. The highest BCUT2D eigenvalue weighted by molar-refractivity contribution is 9.13. The van der Waals surface area contributed by atoms with Crippen LogP contribution in [0.4, 0.5) is 0 Å². The smallest absolute Gasteiger partial charge is 0.102 e. The maximum Gasteiger partial charge on any atom is 0.113 e. The van der Waals surface area contributed by atoms with Gasteiger partial charge in [0.05, 0.1) is 0 Å². The van der Waals surface area contributed by atoms with Gasteiger partial charge in [-0.1, -0.05) is 12.1 Å². The highest BCUT2D eigenvalue weighted by Gasteiger charge is 1.97. The predicted molar refractivity (Wildman–Crippen MR) is 52.6 cm³/mol. The summed E-state index contributed by atoms with van der Waals surface area (Å²) in [6.07, 6.45) is 0. The van der Waals surface area contributed by atoms with Crippen molar-refractivity contribution in [2.75, 3.05) is 0 Å². The summed E-state index contributed by atoms with van der Waals surface area (Å²) in [5, 5.41) is 0. The van der Waals surface area contributed by atoms with Crippen molar-refractivity contribution >= 4 is 58.5 Å². The Labute approximate surface area is 79.5 Å². The van der Waals surface area contributed by atoms with Crippen LogP contribution in [-0.2, 0) is 0 Å². The van der Waals surface area contributed by atoms with Gasteiger partial charge >= 0.3 is 0 Å². The van der Waals surface area contributed by atoms with Crippen molar-refractivity contribution in [1.29, 1.82) is 0 Å². The fraction of sp³-hybridized carbons (Fsp3) is 0. The van der Waals surface area contributed by atoms with Gasteiger partial charge in [0.1, 0.15) is 15.7 Å². The minimum atomic E-state index is 0.593. The molecule has 4 radical (unpaired) electrons. The van der Waals surface area contributed by atoms with Crippen LogP contribution in [0.25, 0.3) is 0 Å². The largest absolute Gasteiger partial charge is 0.113 e. The van der Waals surface area contributed by atoms with E-state index < -0.39 is 0 Å². The third-order valence-electron chi connectivity index (χ3n) is 1.13. The van der Waals surface area contributed by atoms with E-state index in [2.05, 4.69) is 31.9 Å². The van der Waals surface area contributed by atoms with Crippen LogP contribution in [0.15, 0.2) is 21.1 Å². The van der Waals surface area contributed by atoms with Crippen molar-refractivity contribution < 1.29 is 0 Å². The monoisotopic (exact) mass is 254 g/mol. The molecule has 0 nitrogen and oxygen atoms in total. The first-order valence-electron chi connectivity index (χ1n) is 2.61. The molecule has 0 spiro atoms.